The van der Waals surface area contributed by atoms with Gasteiger partial charge in [0.1, 0.15) is 5.75 Å². The predicted molar refractivity (Wildman–Crippen MR) is 86.6 cm³/mol. The lowest BCUT2D eigenvalue weighted by Gasteiger charge is -2.05. The molecule has 21 heavy (non-hydrogen) atoms. The Bertz CT molecular complexity index is 639. The van der Waals surface area contributed by atoms with E-state index in [1.54, 1.807) is 6.21 Å². The molecule has 0 heterocycles. The van der Waals surface area contributed by atoms with Crippen molar-refractivity contribution in [2.45, 2.75) is 6.92 Å². The van der Waals surface area contributed by atoms with Crippen LogP contribution >= 0.6 is 15.9 Å². The molecule has 0 aliphatic heterocycles. The minimum Gasteiger partial charge on any atom is -0.484 e. The van der Waals surface area contributed by atoms with Gasteiger partial charge in [-0.25, -0.2) is 5.43 Å². The maximum atomic E-state index is 11.6. The highest BCUT2D eigenvalue weighted by Gasteiger charge is 2.01. The van der Waals surface area contributed by atoms with Gasteiger partial charge in [0.25, 0.3) is 5.91 Å². The molecule has 0 bridgehead atoms. The predicted octanol–water partition coefficient (Wildman–Crippen LogP) is 3.29. The van der Waals surface area contributed by atoms with Crippen molar-refractivity contribution in [1.82, 2.24) is 5.43 Å². The molecule has 0 radical (unpaired) electrons. The molecule has 0 aromatic heterocycles. The molecule has 0 aliphatic carbocycles. The van der Waals surface area contributed by atoms with Crippen LogP contribution in [-0.2, 0) is 4.79 Å². The van der Waals surface area contributed by atoms with Crippen molar-refractivity contribution in [2.75, 3.05) is 6.61 Å². The van der Waals surface area contributed by atoms with Gasteiger partial charge in [-0.2, -0.15) is 5.10 Å². The molecule has 2 aromatic rings. The van der Waals surface area contributed by atoms with E-state index in [0.717, 1.165) is 15.6 Å². The topological polar surface area (TPSA) is 50.7 Å². The average molecular weight is 347 g/mol. The molecule has 108 valence electrons. The lowest BCUT2D eigenvalue weighted by Crippen LogP contribution is -2.24. The number of amides is 1. The van der Waals surface area contributed by atoms with E-state index in [0.29, 0.717) is 5.75 Å². The first-order valence-electron chi connectivity index (χ1n) is 6.40. The summed E-state index contributed by atoms with van der Waals surface area (Å²) in [5, 5.41) is 3.88. The molecule has 2 rings (SSSR count). The van der Waals surface area contributed by atoms with Gasteiger partial charge < -0.3 is 4.74 Å². The van der Waals surface area contributed by atoms with E-state index in [4.69, 9.17) is 4.74 Å². The van der Waals surface area contributed by atoms with Crippen LogP contribution in [0.3, 0.4) is 0 Å². The summed E-state index contributed by atoms with van der Waals surface area (Å²) >= 11 is 3.37. The van der Waals surface area contributed by atoms with Crippen LogP contribution in [0.4, 0.5) is 0 Å². The van der Waals surface area contributed by atoms with Gasteiger partial charge in [0.15, 0.2) is 6.61 Å². The van der Waals surface area contributed by atoms with Gasteiger partial charge in [0.05, 0.1) is 6.21 Å². The number of hydrogen-bond donors (Lipinski definition) is 1. The van der Waals surface area contributed by atoms with Crippen LogP contribution in [0.5, 0.6) is 5.75 Å². The van der Waals surface area contributed by atoms with Crippen molar-refractivity contribution in [3.8, 4) is 5.75 Å². The van der Waals surface area contributed by atoms with Gasteiger partial charge in [-0.3, -0.25) is 4.79 Å². The second kappa shape index (κ2) is 7.59. The van der Waals surface area contributed by atoms with Gasteiger partial charge >= 0.3 is 0 Å². The van der Waals surface area contributed by atoms with Crippen molar-refractivity contribution in [3.05, 3.63) is 64.1 Å². The number of halogens is 1. The molecule has 2 aromatic carbocycles. The summed E-state index contributed by atoms with van der Waals surface area (Å²) in [6.07, 6.45) is 1.58. The third kappa shape index (κ3) is 5.39. The van der Waals surface area contributed by atoms with E-state index in [-0.39, 0.29) is 12.5 Å². The number of carbonyl (C=O) groups is 1. The minimum atomic E-state index is -0.304. The third-order valence-electron chi connectivity index (χ3n) is 2.64. The summed E-state index contributed by atoms with van der Waals surface area (Å²) < 4.78 is 6.31. The molecular formula is C16H15BrN2O2. The second-order valence-corrected chi connectivity index (χ2v) is 5.37. The molecule has 1 amide bonds. The zero-order valence-corrected chi connectivity index (χ0v) is 13.1. The lowest BCUT2D eigenvalue weighted by molar-refractivity contribution is -0.123. The second-order valence-electron chi connectivity index (χ2n) is 4.45. The number of aryl methyl sites for hydroxylation is 1. The van der Waals surface area contributed by atoms with Crippen LogP contribution in [0.2, 0.25) is 0 Å². The molecule has 0 saturated carbocycles. The Hall–Kier alpha value is -2.14. The quantitative estimate of drug-likeness (QED) is 0.667. The van der Waals surface area contributed by atoms with Crippen LogP contribution in [0.15, 0.2) is 58.1 Å². The first-order chi connectivity index (χ1) is 10.1. The standard InChI is InChI=1S/C16H15BrN2O2/c1-12-5-7-15(8-6-12)21-11-16(20)19-18-10-13-3-2-4-14(17)9-13/h2-10H,11H2,1H3,(H,19,20)/b18-10+. The fraction of sp³-hybridized carbons (Fsp3) is 0.125. The Balaban J connectivity index is 1.78. The van der Waals surface area contributed by atoms with Crippen LogP contribution in [0.25, 0.3) is 0 Å². The molecule has 1 N–H and O–H groups in total. The molecule has 0 aliphatic rings. The fourth-order valence-corrected chi connectivity index (χ4v) is 2.00. The van der Waals surface area contributed by atoms with E-state index >= 15 is 0 Å². The molecule has 0 saturated heterocycles. The smallest absolute Gasteiger partial charge is 0.277 e. The Kier molecular flexibility index (Phi) is 5.51. The third-order valence-corrected chi connectivity index (χ3v) is 3.14. The monoisotopic (exact) mass is 346 g/mol. The zero-order valence-electron chi connectivity index (χ0n) is 11.5. The van der Waals surface area contributed by atoms with Gasteiger partial charge in [-0.05, 0) is 36.8 Å². The number of rotatable bonds is 5. The fourth-order valence-electron chi connectivity index (χ4n) is 1.58. The molecular weight excluding hydrogens is 332 g/mol. The molecule has 0 unspecified atom stereocenters. The van der Waals surface area contributed by atoms with Gasteiger partial charge in [0.2, 0.25) is 0 Å². The van der Waals surface area contributed by atoms with Gasteiger partial charge in [0, 0.05) is 4.47 Å². The van der Waals surface area contributed by atoms with E-state index in [9.17, 15) is 4.79 Å². The number of hydrazone groups is 1. The number of nitrogens with one attached hydrogen (secondary N) is 1. The number of benzene rings is 2. The maximum absolute atomic E-state index is 11.6. The highest BCUT2D eigenvalue weighted by Crippen LogP contribution is 2.11. The highest BCUT2D eigenvalue weighted by molar-refractivity contribution is 9.10. The SMILES string of the molecule is Cc1ccc(OCC(=O)N/N=C/c2cccc(Br)c2)cc1. The molecule has 0 spiro atoms. The van der Waals surface area contributed by atoms with Crippen LogP contribution in [-0.4, -0.2) is 18.7 Å². The molecule has 5 heteroatoms. The Morgan fingerprint density at radius 1 is 1.29 bits per heavy atom. The van der Waals surface area contributed by atoms with Crippen LogP contribution < -0.4 is 10.2 Å². The number of hydrogen-bond acceptors (Lipinski definition) is 3. The lowest BCUT2D eigenvalue weighted by atomic mass is 10.2. The minimum absolute atomic E-state index is 0.0706. The van der Waals surface area contributed by atoms with E-state index in [2.05, 4.69) is 26.5 Å². The highest BCUT2D eigenvalue weighted by atomic mass is 79.9. The summed E-state index contributed by atoms with van der Waals surface area (Å²) in [5.41, 5.74) is 4.46. The Labute approximate surface area is 132 Å². The summed E-state index contributed by atoms with van der Waals surface area (Å²) in [5.74, 6) is 0.355. The summed E-state index contributed by atoms with van der Waals surface area (Å²) in [7, 11) is 0. The Morgan fingerprint density at radius 3 is 2.76 bits per heavy atom. The van der Waals surface area contributed by atoms with Gasteiger partial charge in [-0.1, -0.05) is 45.8 Å². The maximum Gasteiger partial charge on any atom is 0.277 e. The summed E-state index contributed by atoms with van der Waals surface area (Å²) in [6.45, 7) is 1.92. The van der Waals surface area contributed by atoms with Gasteiger partial charge in [-0.15, -0.1) is 0 Å². The van der Waals surface area contributed by atoms with Crippen molar-refractivity contribution < 1.29 is 9.53 Å². The van der Waals surface area contributed by atoms with Crippen molar-refractivity contribution >= 4 is 28.1 Å². The molecule has 4 nitrogen and oxygen atoms in total. The van der Waals surface area contributed by atoms with E-state index in [1.807, 2.05) is 55.5 Å². The molecule has 0 atom stereocenters. The number of nitrogens with zero attached hydrogens (tertiary/aromatic N) is 1. The summed E-state index contributed by atoms with van der Waals surface area (Å²) in [4.78, 5) is 11.6. The summed E-state index contributed by atoms with van der Waals surface area (Å²) in [6, 6.07) is 15.1. The Morgan fingerprint density at radius 2 is 2.05 bits per heavy atom. The zero-order chi connectivity index (χ0) is 15.1. The van der Waals surface area contributed by atoms with E-state index in [1.165, 1.54) is 0 Å². The average Bonchev–Trinajstić information content (AvgIpc) is 2.47. The van der Waals surface area contributed by atoms with Crippen LogP contribution in [0.1, 0.15) is 11.1 Å². The largest absolute Gasteiger partial charge is 0.484 e. The van der Waals surface area contributed by atoms with E-state index < -0.39 is 0 Å². The van der Waals surface area contributed by atoms with Crippen molar-refractivity contribution in [2.24, 2.45) is 5.10 Å². The number of carbonyl (C=O) groups excluding carboxylic acids is 1. The molecule has 0 fully saturated rings. The van der Waals surface area contributed by atoms with Crippen molar-refractivity contribution in [3.63, 3.8) is 0 Å². The van der Waals surface area contributed by atoms with Crippen molar-refractivity contribution in [1.29, 1.82) is 0 Å². The normalized spacial score (nSPS) is 10.6. The first-order valence-corrected chi connectivity index (χ1v) is 7.20. The number of ether oxygens (including phenoxy) is 1. The van der Waals surface area contributed by atoms with Crippen LogP contribution in [0, 0.1) is 6.92 Å². The first kappa shape index (κ1) is 15.3.